The van der Waals surface area contributed by atoms with Crippen molar-refractivity contribution >= 4 is 35.1 Å². The number of hydrazone groups is 1. The molecule has 118 valence electrons. The molecule has 0 atom stereocenters. The molecule has 2 aromatic rings. The first-order valence-electron chi connectivity index (χ1n) is 6.61. The number of anilines is 1. The third kappa shape index (κ3) is 5.08. The van der Waals surface area contributed by atoms with Crippen LogP contribution < -0.4 is 10.7 Å². The fourth-order valence-electron chi connectivity index (χ4n) is 1.73. The van der Waals surface area contributed by atoms with E-state index in [9.17, 15) is 14.9 Å². The van der Waals surface area contributed by atoms with Gasteiger partial charge in [0.15, 0.2) is 0 Å². The van der Waals surface area contributed by atoms with Crippen molar-refractivity contribution in [2.24, 2.45) is 5.10 Å². The molecule has 2 N–H and O–H groups in total. The van der Waals surface area contributed by atoms with Crippen molar-refractivity contribution in [1.29, 1.82) is 0 Å². The Kier molecular flexibility index (Phi) is 5.65. The number of benzene rings is 2. The first kappa shape index (κ1) is 16.4. The lowest BCUT2D eigenvalue weighted by atomic mass is 10.2. The van der Waals surface area contributed by atoms with E-state index in [4.69, 9.17) is 11.6 Å². The Hall–Kier alpha value is -2.93. The Morgan fingerprint density at radius 1 is 1.22 bits per heavy atom. The molecule has 0 fully saturated rings. The van der Waals surface area contributed by atoms with Crippen molar-refractivity contribution in [3.05, 3.63) is 69.2 Å². The number of amides is 1. The van der Waals surface area contributed by atoms with Crippen molar-refractivity contribution in [2.75, 3.05) is 11.9 Å². The van der Waals surface area contributed by atoms with Crippen LogP contribution in [0.3, 0.4) is 0 Å². The number of nitrogens with zero attached hydrogens (tertiary/aromatic N) is 2. The molecule has 0 aliphatic rings. The molecule has 23 heavy (non-hydrogen) atoms. The molecule has 1 amide bonds. The monoisotopic (exact) mass is 332 g/mol. The number of nitro benzene ring substituents is 1. The van der Waals surface area contributed by atoms with Crippen molar-refractivity contribution in [2.45, 2.75) is 0 Å². The smallest absolute Gasteiger partial charge is 0.278 e. The van der Waals surface area contributed by atoms with Crippen LogP contribution in [-0.4, -0.2) is 23.6 Å². The van der Waals surface area contributed by atoms with Gasteiger partial charge in [0.25, 0.3) is 11.6 Å². The first-order chi connectivity index (χ1) is 11.1. The van der Waals surface area contributed by atoms with E-state index in [2.05, 4.69) is 15.8 Å². The summed E-state index contributed by atoms with van der Waals surface area (Å²) in [6.45, 7) is 0.00978. The number of carbonyl (C=O) groups excluding carboxylic acids is 1. The molecular formula is C15H13ClN4O3. The van der Waals surface area contributed by atoms with Crippen LogP contribution in [0.1, 0.15) is 5.56 Å². The van der Waals surface area contributed by atoms with E-state index >= 15 is 0 Å². The first-order valence-corrected chi connectivity index (χ1v) is 6.99. The number of hydrogen-bond acceptors (Lipinski definition) is 5. The summed E-state index contributed by atoms with van der Waals surface area (Å²) in [7, 11) is 0. The topological polar surface area (TPSA) is 96.6 Å². The lowest BCUT2D eigenvalue weighted by molar-refractivity contribution is -0.385. The average Bonchev–Trinajstić information content (AvgIpc) is 2.54. The Morgan fingerprint density at radius 2 is 1.91 bits per heavy atom. The zero-order chi connectivity index (χ0) is 16.7. The predicted molar refractivity (Wildman–Crippen MR) is 88.8 cm³/mol. The molecule has 7 nitrogen and oxygen atoms in total. The fourth-order valence-corrected chi connectivity index (χ4v) is 1.85. The molecule has 0 saturated carbocycles. The number of para-hydroxylation sites is 1. The zero-order valence-corrected chi connectivity index (χ0v) is 12.7. The molecule has 0 spiro atoms. The fraction of sp³-hybridized carbons (Fsp3) is 0.0667. The molecule has 0 unspecified atom stereocenters. The molecule has 0 saturated heterocycles. The Morgan fingerprint density at radius 3 is 2.61 bits per heavy atom. The van der Waals surface area contributed by atoms with Crippen molar-refractivity contribution < 1.29 is 9.72 Å². The van der Waals surface area contributed by atoms with Crippen LogP contribution in [0.4, 0.5) is 11.4 Å². The summed E-state index contributed by atoms with van der Waals surface area (Å²) in [6.07, 6.45) is 1.23. The minimum Gasteiger partial charge on any atom is -0.376 e. The molecule has 2 aromatic carbocycles. The number of hydrogen-bond donors (Lipinski definition) is 2. The minimum atomic E-state index is -0.509. The number of carbonyl (C=O) groups is 1. The van der Waals surface area contributed by atoms with Crippen LogP contribution >= 0.6 is 11.6 Å². The van der Waals surface area contributed by atoms with Gasteiger partial charge in [-0.1, -0.05) is 23.7 Å². The SMILES string of the molecule is O=C(CNc1ccc(Cl)cc1)N/N=C\c1ccccc1[N+](=O)[O-]. The number of halogens is 1. The Balaban J connectivity index is 1.87. The van der Waals surface area contributed by atoms with E-state index in [0.717, 1.165) is 5.69 Å². The van der Waals surface area contributed by atoms with Gasteiger partial charge in [-0.25, -0.2) is 5.43 Å². The molecule has 0 aromatic heterocycles. The summed E-state index contributed by atoms with van der Waals surface area (Å²) in [5.74, 6) is -0.380. The molecule has 8 heteroatoms. The quantitative estimate of drug-likeness (QED) is 0.483. The van der Waals surface area contributed by atoms with Gasteiger partial charge in [-0.05, 0) is 30.3 Å². The maximum atomic E-state index is 11.6. The van der Waals surface area contributed by atoms with Crippen LogP contribution in [0.15, 0.2) is 53.6 Å². The summed E-state index contributed by atoms with van der Waals surface area (Å²) < 4.78 is 0. The van der Waals surface area contributed by atoms with E-state index in [1.54, 1.807) is 42.5 Å². The Bertz CT molecular complexity index is 732. The summed E-state index contributed by atoms with van der Waals surface area (Å²) in [4.78, 5) is 22.0. The number of nitro groups is 1. The molecule has 0 heterocycles. The lowest BCUT2D eigenvalue weighted by Crippen LogP contribution is -2.25. The summed E-state index contributed by atoms with van der Waals surface area (Å²) in [6, 6.07) is 13.0. The maximum absolute atomic E-state index is 11.6. The zero-order valence-electron chi connectivity index (χ0n) is 11.9. The molecule has 0 bridgehead atoms. The Labute approximate surface area is 137 Å². The highest BCUT2D eigenvalue weighted by atomic mass is 35.5. The second-order valence-corrected chi connectivity index (χ2v) is 4.91. The van der Waals surface area contributed by atoms with Gasteiger partial charge < -0.3 is 5.32 Å². The third-order valence-electron chi connectivity index (χ3n) is 2.82. The van der Waals surface area contributed by atoms with Crippen LogP contribution in [0, 0.1) is 10.1 Å². The van der Waals surface area contributed by atoms with E-state index in [1.807, 2.05) is 0 Å². The number of rotatable bonds is 6. The van der Waals surface area contributed by atoms with Gasteiger partial charge in [-0.15, -0.1) is 0 Å². The molecule has 0 aliphatic heterocycles. The van der Waals surface area contributed by atoms with Gasteiger partial charge >= 0.3 is 0 Å². The van der Waals surface area contributed by atoms with Gasteiger partial charge in [0.05, 0.1) is 23.2 Å². The second-order valence-electron chi connectivity index (χ2n) is 4.47. The largest absolute Gasteiger partial charge is 0.376 e. The molecule has 0 radical (unpaired) electrons. The van der Waals surface area contributed by atoms with Crippen molar-refractivity contribution in [3.63, 3.8) is 0 Å². The van der Waals surface area contributed by atoms with E-state index in [-0.39, 0.29) is 18.1 Å². The number of nitrogens with one attached hydrogen (secondary N) is 2. The molecular weight excluding hydrogens is 320 g/mol. The summed E-state index contributed by atoms with van der Waals surface area (Å²) >= 11 is 5.76. The van der Waals surface area contributed by atoms with Gasteiger partial charge in [-0.2, -0.15) is 5.10 Å². The average molecular weight is 333 g/mol. The van der Waals surface area contributed by atoms with Gasteiger partial charge in [0.2, 0.25) is 0 Å². The summed E-state index contributed by atoms with van der Waals surface area (Å²) in [5, 5.41) is 18.1. The lowest BCUT2D eigenvalue weighted by Gasteiger charge is -2.05. The van der Waals surface area contributed by atoms with Gasteiger partial charge in [0, 0.05) is 16.8 Å². The third-order valence-corrected chi connectivity index (χ3v) is 3.08. The highest BCUT2D eigenvalue weighted by Crippen LogP contribution is 2.15. The predicted octanol–water partition coefficient (Wildman–Crippen LogP) is 2.81. The highest BCUT2D eigenvalue weighted by molar-refractivity contribution is 6.30. The second kappa shape index (κ2) is 7.90. The van der Waals surface area contributed by atoms with E-state index < -0.39 is 4.92 Å². The maximum Gasteiger partial charge on any atom is 0.278 e. The van der Waals surface area contributed by atoms with Crippen LogP contribution in [0.25, 0.3) is 0 Å². The molecule has 2 rings (SSSR count). The van der Waals surface area contributed by atoms with E-state index in [1.165, 1.54) is 12.3 Å². The minimum absolute atomic E-state index is 0.00978. The summed E-state index contributed by atoms with van der Waals surface area (Å²) in [5.41, 5.74) is 3.27. The van der Waals surface area contributed by atoms with Crippen LogP contribution in [0.5, 0.6) is 0 Å². The molecule has 0 aliphatic carbocycles. The van der Waals surface area contributed by atoms with E-state index in [0.29, 0.717) is 10.6 Å². The van der Waals surface area contributed by atoms with Gasteiger partial charge in [0.1, 0.15) is 0 Å². The van der Waals surface area contributed by atoms with Crippen molar-refractivity contribution in [1.82, 2.24) is 5.43 Å². The standard InChI is InChI=1S/C15H13ClN4O3/c16-12-5-7-13(8-6-12)17-10-15(21)19-18-9-11-3-1-2-4-14(11)20(22)23/h1-9,17H,10H2,(H,19,21)/b18-9-. The van der Waals surface area contributed by atoms with Gasteiger partial charge in [-0.3, -0.25) is 14.9 Å². The normalized spacial score (nSPS) is 10.5. The van der Waals surface area contributed by atoms with Crippen molar-refractivity contribution in [3.8, 4) is 0 Å². The highest BCUT2D eigenvalue weighted by Gasteiger charge is 2.10. The van der Waals surface area contributed by atoms with Crippen LogP contribution in [0.2, 0.25) is 5.02 Å². The van der Waals surface area contributed by atoms with Crippen LogP contribution in [-0.2, 0) is 4.79 Å².